The number of benzene rings is 2. The first-order chi connectivity index (χ1) is 13.0. The van der Waals surface area contributed by atoms with E-state index in [-0.39, 0.29) is 5.75 Å². The van der Waals surface area contributed by atoms with E-state index in [0.717, 1.165) is 22.7 Å². The molecule has 0 fully saturated rings. The number of ether oxygens (including phenoxy) is 1. The van der Waals surface area contributed by atoms with E-state index in [1.165, 1.54) is 0 Å². The lowest BCUT2D eigenvalue weighted by atomic mass is 10.2. The molecular formula is C20H21N3O3S. The molecule has 0 aliphatic carbocycles. The highest BCUT2D eigenvalue weighted by molar-refractivity contribution is 7.92. The first-order valence-electron chi connectivity index (χ1n) is 8.46. The Labute approximate surface area is 159 Å². The van der Waals surface area contributed by atoms with Gasteiger partial charge in [-0.25, -0.2) is 13.4 Å². The van der Waals surface area contributed by atoms with Crippen LogP contribution in [0.3, 0.4) is 0 Å². The highest BCUT2D eigenvalue weighted by atomic mass is 32.2. The fourth-order valence-electron chi connectivity index (χ4n) is 2.50. The number of rotatable bonds is 8. The van der Waals surface area contributed by atoms with Crippen molar-refractivity contribution in [1.82, 2.24) is 4.98 Å². The molecule has 0 amide bonds. The van der Waals surface area contributed by atoms with E-state index in [9.17, 15) is 8.42 Å². The molecule has 0 bridgehead atoms. The lowest BCUT2D eigenvalue weighted by Gasteiger charge is -2.10. The molecule has 3 rings (SSSR count). The van der Waals surface area contributed by atoms with E-state index in [1.54, 1.807) is 25.4 Å². The zero-order chi connectivity index (χ0) is 19.1. The lowest BCUT2D eigenvalue weighted by molar-refractivity contribution is 0.415. The van der Waals surface area contributed by atoms with E-state index in [0.29, 0.717) is 12.2 Å². The average Bonchev–Trinajstić information content (AvgIpc) is 2.69. The Morgan fingerprint density at radius 2 is 1.78 bits per heavy atom. The fourth-order valence-corrected chi connectivity index (χ4v) is 3.55. The van der Waals surface area contributed by atoms with Crippen LogP contribution in [0.4, 0.5) is 17.2 Å². The van der Waals surface area contributed by atoms with Crippen molar-refractivity contribution in [2.75, 3.05) is 22.9 Å². The standard InChI is InChI=1S/C20H21N3O3S/c1-26-19-9-5-8-17(14-19)22-18-10-11-20(21-15-18)23-27(24,25)13-12-16-6-3-2-4-7-16/h2-11,14-15,22H,12-13H2,1H3,(H,21,23). The maximum atomic E-state index is 12.2. The number of aromatic nitrogens is 1. The summed E-state index contributed by atoms with van der Waals surface area (Å²) in [6.45, 7) is 0. The van der Waals surface area contributed by atoms with Crippen LogP contribution in [0, 0.1) is 0 Å². The largest absolute Gasteiger partial charge is 0.497 e. The van der Waals surface area contributed by atoms with Gasteiger partial charge in [0.15, 0.2) is 0 Å². The number of hydrogen-bond donors (Lipinski definition) is 2. The second-order valence-electron chi connectivity index (χ2n) is 5.95. The molecule has 3 aromatic rings. The van der Waals surface area contributed by atoms with Crippen molar-refractivity contribution in [3.05, 3.63) is 78.5 Å². The third kappa shape index (κ3) is 5.72. The van der Waals surface area contributed by atoms with Crippen molar-refractivity contribution >= 4 is 27.2 Å². The van der Waals surface area contributed by atoms with Gasteiger partial charge in [0.2, 0.25) is 10.0 Å². The monoisotopic (exact) mass is 383 g/mol. The molecule has 0 unspecified atom stereocenters. The Kier molecular flexibility index (Phi) is 5.93. The van der Waals surface area contributed by atoms with Gasteiger partial charge in [0.25, 0.3) is 0 Å². The van der Waals surface area contributed by atoms with E-state index >= 15 is 0 Å². The molecule has 27 heavy (non-hydrogen) atoms. The minimum atomic E-state index is -3.46. The maximum absolute atomic E-state index is 12.2. The van der Waals surface area contributed by atoms with Crippen LogP contribution in [0.1, 0.15) is 5.56 Å². The third-order valence-corrected chi connectivity index (χ3v) is 5.15. The van der Waals surface area contributed by atoms with Crippen LogP contribution < -0.4 is 14.8 Å². The maximum Gasteiger partial charge on any atom is 0.234 e. The zero-order valence-corrected chi connectivity index (χ0v) is 15.7. The van der Waals surface area contributed by atoms with Crippen LogP contribution in [0.5, 0.6) is 5.75 Å². The van der Waals surface area contributed by atoms with E-state index in [2.05, 4.69) is 15.0 Å². The Balaban J connectivity index is 1.59. The summed E-state index contributed by atoms with van der Waals surface area (Å²) in [5.41, 5.74) is 2.58. The predicted molar refractivity (Wildman–Crippen MR) is 108 cm³/mol. The first kappa shape index (κ1) is 18.7. The Bertz CT molecular complexity index is 975. The SMILES string of the molecule is COc1cccc(Nc2ccc(NS(=O)(=O)CCc3ccccc3)nc2)c1. The van der Waals surface area contributed by atoms with Crippen molar-refractivity contribution in [3.8, 4) is 5.75 Å². The van der Waals surface area contributed by atoms with Crippen LogP contribution in [-0.2, 0) is 16.4 Å². The molecule has 140 valence electrons. The van der Waals surface area contributed by atoms with Gasteiger partial charge in [-0.15, -0.1) is 0 Å². The molecule has 2 N–H and O–H groups in total. The molecule has 0 saturated carbocycles. The van der Waals surface area contributed by atoms with Crippen LogP contribution >= 0.6 is 0 Å². The third-order valence-electron chi connectivity index (χ3n) is 3.88. The van der Waals surface area contributed by atoms with Gasteiger partial charge in [-0.1, -0.05) is 36.4 Å². The van der Waals surface area contributed by atoms with Gasteiger partial charge >= 0.3 is 0 Å². The Morgan fingerprint density at radius 3 is 2.48 bits per heavy atom. The summed E-state index contributed by atoms with van der Waals surface area (Å²) >= 11 is 0. The molecule has 6 nitrogen and oxygen atoms in total. The number of nitrogens with one attached hydrogen (secondary N) is 2. The summed E-state index contributed by atoms with van der Waals surface area (Å²) in [6.07, 6.45) is 2.03. The Morgan fingerprint density at radius 1 is 0.963 bits per heavy atom. The zero-order valence-electron chi connectivity index (χ0n) is 14.9. The molecule has 0 atom stereocenters. The molecule has 7 heteroatoms. The summed E-state index contributed by atoms with van der Waals surface area (Å²) < 4.78 is 32.2. The predicted octanol–water partition coefficient (Wildman–Crippen LogP) is 3.82. The molecular weight excluding hydrogens is 362 g/mol. The summed E-state index contributed by atoms with van der Waals surface area (Å²) in [5, 5.41) is 3.20. The molecule has 0 aliphatic heterocycles. The van der Waals surface area contributed by atoms with Crippen molar-refractivity contribution < 1.29 is 13.2 Å². The molecule has 0 radical (unpaired) electrons. The summed E-state index contributed by atoms with van der Waals surface area (Å²) in [7, 11) is -1.85. The highest BCUT2D eigenvalue weighted by Crippen LogP contribution is 2.21. The molecule has 1 aromatic heterocycles. The van der Waals surface area contributed by atoms with Gasteiger partial charge in [-0.05, 0) is 36.2 Å². The quantitative estimate of drug-likeness (QED) is 0.618. The van der Waals surface area contributed by atoms with Crippen molar-refractivity contribution in [3.63, 3.8) is 0 Å². The average molecular weight is 383 g/mol. The molecule has 0 spiro atoms. The summed E-state index contributed by atoms with van der Waals surface area (Å²) in [5.74, 6) is 1.04. The molecule has 0 saturated heterocycles. The van der Waals surface area contributed by atoms with Crippen molar-refractivity contribution in [2.24, 2.45) is 0 Å². The Hall–Kier alpha value is -3.06. The van der Waals surface area contributed by atoms with Crippen molar-refractivity contribution in [1.29, 1.82) is 0 Å². The second kappa shape index (κ2) is 8.55. The van der Waals surface area contributed by atoms with Gasteiger partial charge in [0, 0.05) is 11.8 Å². The number of aryl methyl sites for hydroxylation is 1. The number of hydrogen-bond acceptors (Lipinski definition) is 5. The van der Waals surface area contributed by atoms with Gasteiger partial charge in [0.1, 0.15) is 11.6 Å². The molecule has 0 aliphatic rings. The van der Waals surface area contributed by atoms with Gasteiger partial charge in [0.05, 0.1) is 24.7 Å². The fraction of sp³-hybridized carbons (Fsp3) is 0.150. The van der Waals surface area contributed by atoms with E-state index < -0.39 is 10.0 Å². The number of methoxy groups -OCH3 is 1. The van der Waals surface area contributed by atoms with E-state index in [1.807, 2.05) is 54.6 Å². The second-order valence-corrected chi connectivity index (χ2v) is 7.79. The van der Waals surface area contributed by atoms with Crippen LogP contribution in [0.2, 0.25) is 0 Å². The topological polar surface area (TPSA) is 80.3 Å². The number of nitrogens with zero attached hydrogens (tertiary/aromatic N) is 1. The number of pyridine rings is 1. The minimum absolute atomic E-state index is 0.00248. The van der Waals surface area contributed by atoms with E-state index in [4.69, 9.17) is 4.74 Å². The van der Waals surface area contributed by atoms with Crippen LogP contribution in [-0.4, -0.2) is 26.3 Å². The normalized spacial score (nSPS) is 11.0. The van der Waals surface area contributed by atoms with Crippen LogP contribution in [0.15, 0.2) is 72.9 Å². The summed E-state index contributed by atoms with van der Waals surface area (Å²) in [4.78, 5) is 4.17. The lowest BCUT2D eigenvalue weighted by Crippen LogP contribution is -2.18. The number of anilines is 3. The first-order valence-corrected chi connectivity index (χ1v) is 10.1. The summed E-state index contributed by atoms with van der Waals surface area (Å²) in [6, 6.07) is 20.4. The smallest absolute Gasteiger partial charge is 0.234 e. The van der Waals surface area contributed by atoms with Crippen molar-refractivity contribution in [2.45, 2.75) is 6.42 Å². The van der Waals surface area contributed by atoms with Gasteiger partial charge < -0.3 is 10.1 Å². The minimum Gasteiger partial charge on any atom is -0.497 e. The molecule has 2 aromatic carbocycles. The highest BCUT2D eigenvalue weighted by Gasteiger charge is 2.11. The van der Waals surface area contributed by atoms with Gasteiger partial charge in [-0.3, -0.25) is 4.72 Å². The molecule has 1 heterocycles. The van der Waals surface area contributed by atoms with Gasteiger partial charge in [-0.2, -0.15) is 0 Å². The number of sulfonamides is 1. The van der Waals surface area contributed by atoms with Crippen LogP contribution in [0.25, 0.3) is 0 Å².